The van der Waals surface area contributed by atoms with Crippen LogP contribution < -0.4 is 5.32 Å². The van der Waals surface area contributed by atoms with Gasteiger partial charge < -0.3 is 5.32 Å². The van der Waals surface area contributed by atoms with Crippen molar-refractivity contribution >= 4 is 16.9 Å². The predicted octanol–water partition coefficient (Wildman–Crippen LogP) is 2.89. The average Bonchev–Trinajstić information content (AvgIpc) is 2.30. The van der Waals surface area contributed by atoms with Crippen LogP contribution in [0.25, 0.3) is 0 Å². The van der Waals surface area contributed by atoms with E-state index in [0.29, 0.717) is 0 Å². The summed E-state index contributed by atoms with van der Waals surface area (Å²) in [4.78, 5) is 4.47. The summed E-state index contributed by atoms with van der Waals surface area (Å²) < 4.78 is 0. The van der Waals surface area contributed by atoms with Gasteiger partial charge in [0.1, 0.15) is 0 Å². The van der Waals surface area contributed by atoms with Gasteiger partial charge in [-0.1, -0.05) is 30.0 Å². The number of rotatable bonds is 2. The van der Waals surface area contributed by atoms with E-state index in [-0.39, 0.29) is 0 Å². The highest BCUT2D eigenvalue weighted by Crippen LogP contribution is 2.15. The molecule has 0 fully saturated rings. The summed E-state index contributed by atoms with van der Waals surface area (Å²) in [5.41, 5.74) is 4.11. The molecule has 0 aromatic heterocycles. The van der Waals surface area contributed by atoms with Gasteiger partial charge in [0.05, 0.1) is 0 Å². The van der Waals surface area contributed by atoms with E-state index in [1.807, 2.05) is 11.8 Å². The minimum absolute atomic E-state index is 0.893. The Kier molecular flexibility index (Phi) is 3.88. The summed E-state index contributed by atoms with van der Waals surface area (Å²) in [5.74, 6) is 1.19. The second-order valence-electron chi connectivity index (χ2n) is 4.11. The molecule has 1 aliphatic heterocycles. The molecule has 0 bridgehead atoms. The van der Waals surface area contributed by atoms with Crippen LogP contribution in [0.3, 0.4) is 0 Å². The molecule has 0 aliphatic carbocycles. The molecule has 1 aliphatic rings. The van der Waals surface area contributed by atoms with Crippen LogP contribution in [0.2, 0.25) is 0 Å². The number of nitrogens with zero attached hydrogens (tertiary/aromatic N) is 1. The van der Waals surface area contributed by atoms with Crippen LogP contribution in [0.4, 0.5) is 0 Å². The van der Waals surface area contributed by atoms with E-state index in [2.05, 4.69) is 42.4 Å². The third kappa shape index (κ3) is 2.79. The van der Waals surface area contributed by atoms with Crippen molar-refractivity contribution in [3.63, 3.8) is 0 Å². The maximum Gasteiger partial charge on any atom is 0.156 e. The molecule has 1 aromatic carbocycles. The first-order valence-electron chi connectivity index (χ1n) is 5.73. The van der Waals surface area contributed by atoms with Gasteiger partial charge in [-0.2, -0.15) is 0 Å². The molecule has 3 heteroatoms. The number of amidine groups is 1. The van der Waals surface area contributed by atoms with Crippen LogP contribution in [-0.4, -0.2) is 17.5 Å². The Labute approximate surface area is 102 Å². The number of aryl methyl sites for hydroxylation is 2. The van der Waals surface area contributed by atoms with Gasteiger partial charge in [0.15, 0.2) is 5.17 Å². The SMILES string of the molecule is Cc1cccc(C)c1CNC1=NCCCS1. The Morgan fingerprint density at radius 3 is 2.69 bits per heavy atom. The van der Waals surface area contributed by atoms with Crippen molar-refractivity contribution in [1.29, 1.82) is 0 Å². The zero-order chi connectivity index (χ0) is 11.4. The van der Waals surface area contributed by atoms with Gasteiger partial charge in [-0.15, -0.1) is 0 Å². The lowest BCUT2D eigenvalue weighted by Crippen LogP contribution is -2.23. The summed E-state index contributed by atoms with van der Waals surface area (Å²) in [5, 5.41) is 4.54. The zero-order valence-corrected chi connectivity index (χ0v) is 10.7. The highest BCUT2D eigenvalue weighted by molar-refractivity contribution is 8.13. The van der Waals surface area contributed by atoms with Crippen LogP contribution in [0.1, 0.15) is 23.1 Å². The quantitative estimate of drug-likeness (QED) is 0.851. The molecule has 0 amide bonds. The van der Waals surface area contributed by atoms with E-state index in [9.17, 15) is 0 Å². The minimum atomic E-state index is 0.893. The molecule has 0 atom stereocenters. The molecule has 2 rings (SSSR count). The Hall–Kier alpha value is -0.960. The lowest BCUT2D eigenvalue weighted by molar-refractivity contribution is 0.871. The number of thioether (sulfide) groups is 1. The third-order valence-corrected chi connectivity index (χ3v) is 3.90. The first-order chi connectivity index (χ1) is 7.77. The topological polar surface area (TPSA) is 24.4 Å². The Morgan fingerprint density at radius 2 is 2.06 bits per heavy atom. The van der Waals surface area contributed by atoms with Gasteiger partial charge in [0, 0.05) is 18.8 Å². The minimum Gasteiger partial charge on any atom is -0.361 e. The fraction of sp³-hybridized carbons (Fsp3) is 0.462. The molecular formula is C13H18N2S. The third-order valence-electron chi connectivity index (χ3n) is 2.86. The van der Waals surface area contributed by atoms with E-state index < -0.39 is 0 Å². The summed E-state index contributed by atoms with van der Waals surface area (Å²) in [6.45, 7) is 6.20. The molecule has 0 radical (unpaired) electrons. The molecule has 1 heterocycles. The molecule has 1 N–H and O–H groups in total. The Balaban J connectivity index is 2.01. The molecule has 86 valence electrons. The number of hydrogen-bond donors (Lipinski definition) is 1. The average molecular weight is 234 g/mol. The van der Waals surface area contributed by atoms with Crippen molar-refractivity contribution in [2.45, 2.75) is 26.8 Å². The van der Waals surface area contributed by atoms with Crippen molar-refractivity contribution < 1.29 is 0 Å². The molecule has 0 spiro atoms. The van der Waals surface area contributed by atoms with E-state index in [0.717, 1.165) is 18.3 Å². The van der Waals surface area contributed by atoms with Crippen molar-refractivity contribution in [3.8, 4) is 0 Å². The standard InChI is InChI=1S/C13H18N2S/c1-10-5-3-6-11(2)12(10)9-15-13-14-7-4-8-16-13/h3,5-6H,4,7-9H2,1-2H3,(H,14,15). The Bertz CT molecular complexity index is 379. The van der Waals surface area contributed by atoms with E-state index in [1.165, 1.54) is 28.9 Å². The normalized spacial score (nSPS) is 15.8. The summed E-state index contributed by atoms with van der Waals surface area (Å²) >= 11 is 1.83. The molecule has 0 saturated carbocycles. The van der Waals surface area contributed by atoms with Gasteiger partial charge in [-0.25, -0.2) is 0 Å². The first kappa shape index (κ1) is 11.5. The molecule has 16 heavy (non-hydrogen) atoms. The summed E-state index contributed by atoms with van der Waals surface area (Å²) in [6.07, 6.45) is 1.21. The first-order valence-corrected chi connectivity index (χ1v) is 6.72. The number of nitrogens with one attached hydrogen (secondary N) is 1. The second-order valence-corrected chi connectivity index (χ2v) is 5.20. The van der Waals surface area contributed by atoms with Crippen LogP contribution in [0.15, 0.2) is 23.2 Å². The molecule has 0 saturated heterocycles. The van der Waals surface area contributed by atoms with Crippen LogP contribution in [0, 0.1) is 13.8 Å². The Morgan fingerprint density at radius 1 is 1.31 bits per heavy atom. The summed E-state index contributed by atoms with van der Waals surface area (Å²) in [7, 11) is 0. The largest absolute Gasteiger partial charge is 0.361 e. The number of benzene rings is 1. The smallest absolute Gasteiger partial charge is 0.156 e. The van der Waals surface area contributed by atoms with Crippen LogP contribution in [0.5, 0.6) is 0 Å². The maximum atomic E-state index is 4.47. The van der Waals surface area contributed by atoms with Crippen molar-refractivity contribution in [3.05, 3.63) is 34.9 Å². The molecular weight excluding hydrogens is 216 g/mol. The predicted molar refractivity (Wildman–Crippen MR) is 72.1 cm³/mol. The van der Waals surface area contributed by atoms with Crippen molar-refractivity contribution in [2.24, 2.45) is 4.99 Å². The molecule has 1 aromatic rings. The monoisotopic (exact) mass is 234 g/mol. The van der Waals surface area contributed by atoms with Gasteiger partial charge in [0.25, 0.3) is 0 Å². The van der Waals surface area contributed by atoms with E-state index in [1.54, 1.807) is 0 Å². The fourth-order valence-corrected chi connectivity index (χ4v) is 2.68. The van der Waals surface area contributed by atoms with Crippen LogP contribution in [-0.2, 0) is 6.54 Å². The van der Waals surface area contributed by atoms with Gasteiger partial charge in [-0.05, 0) is 37.0 Å². The fourth-order valence-electron chi connectivity index (χ4n) is 1.86. The zero-order valence-electron chi connectivity index (χ0n) is 9.92. The highest BCUT2D eigenvalue weighted by Gasteiger charge is 2.07. The summed E-state index contributed by atoms with van der Waals surface area (Å²) in [6, 6.07) is 6.45. The number of aliphatic imine (C=N–C) groups is 1. The van der Waals surface area contributed by atoms with Gasteiger partial charge >= 0.3 is 0 Å². The van der Waals surface area contributed by atoms with Gasteiger partial charge in [-0.3, -0.25) is 4.99 Å². The molecule has 2 nitrogen and oxygen atoms in total. The van der Waals surface area contributed by atoms with E-state index >= 15 is 0 Å². The van der Waals surface area contributed by atoms with E-state index in [4.69, 9.17) is 0 Å². The highest BCUT2D eigenvalue weighted by atomic mass is 32.2. The van der Waals surface area contributed by atoms with Crippen molar-refractivity contribution in [2.75, 3.05) is 12.3 Å². The number of hydrogen-bond acceptors (Lipinski definition) is 3. The van der Waals surface area contributed by atoms with Gasteiger partial charge in [0.2, 0.25) is 0 Å². The van der Waals surface area contributed by atoms with Crippen LogP contribution >= 0.6 is 11.8 Å². The van der Waals surface area contributed by atoms with Crippen molar-refractivity contribution in [1.82, 2.24) is 5.32 Å². The lowest BCUT2D eigenvalue weighted by atomic mass is 10.0. The molecule has 0 unspecified atom stereocenters. The lowest BCUT2D eigenvalue weighted by Gasteiger charge is -2.15. The second kappa shape index (κ2) is 5.39. The maximum absolute atomic E-state index is 4.47.